The highest BCUT2D eigenvalue weighted by atomic mass is 16.5. The number of aromatic nitrogens is 3. The summed E-state index contributed by atoms with van der Waals surface area (Å²) in [6.45, 7) is 2.69. The first kappa shape index (κ1) is 23.0. The summed E-state index contributed by atoms with van der Waals surface area (Å²) in [5.41, 5.74) is 3.68. The minimum atomic E-state index is -0.424. The van der Waals surface area contributed by atoms with Gasteiger partial charge in [0, 0.05) is 19.3 Å². The van der Waals surface area contributed by atoms with Crippen molar-refractivity contribution in [2.24, 2.45) is 0 Å². The maximum Gasteiger partial charge on any atom is 0.272 e. The van der Waals surface area contributed by atoms with Crippen LogP contribution in [-0.4, -0.2) is 45.8 Å². The van der Waals surface area contributed by atoms with Gasteiger partial charge in [-0.2, -0.15) is 0 Å². The maximum atomic E-state index is 12.9. The van der Waals surface area contributed by atoms with E-state index < -0.39 is 5.91 Å². The highest BCUT2D eigenvalue weighted by Crippen LogP contribution is 2.28. The van der Waals surface area contributed by atoms with Crippen LogP contribution in [0.2, 0.25) is 0 Å². The van der Waals surface area contributed by atoms with E-state index in [0.29, 0.717) is 34.6 Å². The van der Waals surface area contributed by atoms with Crippen LogP contribution in [0.3, 0.4) is 0 Å². The van der Waals surface area contributed by atoms with Gasteiger partial charge in [-0.05, 0) is 29.2 Å². The number of ether oxygens (including phenoxy) is 1. The number of carbonyl (C=O) groups is 3. The number of H-pyrrole nitrogens is 1. The average molecular weight is 485 g/mol. The summed E-state index contributed by atoms with van der Waals surface area (Å²) in [5, 5.41) is 8.50. The highest BCUT2D eigenvalue weighted by molar-refractivity contribution is 6.10. The van der Waals surface area contributed by atoms with Crippen LogP contribution in [-0.2, 0) is 11.3 Å². The molecule has 10 heteroatoms. The molecule has 2 aromatic heterocycles. The summed E-state index contributed by atoms with van der Waals surface area (Å²) < 4.78 is 5.36. The van der Waals surface area contributed by atoms with Gasteiger partial charge in [0.25, 0.3) is 17.7 Å². The van der Waals surface area contributed by atoms with E-state index in [2.05, 4.69) is 30.9 Å². The van der Waals surface area contributed by atoms with Gasteiger partial charge in [0.2, 0.25) is 0 Å². The van der Waals surface area contributed by atoms with Crippen LogP contribution in [0.5, 0.6) is 5.75 Å². The Morgan fingerprint density at radius 3 is 2.75 bits per heavy atom. The van der Waals surface area contributed by atoms with Gasteiger partial charge in [0.15, 0.2) is 12.3 Å². The Morgan fingerprint density at radius 2 is 1.92 bits per heavy atom. The predicted molar refractivity (Wildman–Crippen MR) is 133 cm³/mol. The molecule has 3 amide bonds. The van der Waals surface area contributed by atoms with Crippen molar-refractivity contribution < 1.29 is 19.1 Å². The first-order chi connectivity index (χ1) is 17.5. The van der Waals surface area contributed by atoms with Gasteiger partial charge in [0.05, 0.1) is 16.8 Å². The fourth-order valence-corrected chi connectivity index (χ4v) is 4.03. The Hall–Kier alpha value is -4.73. The number of amides is 3. The summed E-state index contributed by atoms with van der Waals surface area (Å²) in [6, 6.07) is 15.2. The van der Waals surface area contributed by atoms with Crippen molar-refractivity contribution in [1.82, 2.24) is 25.6 Å². The van der Waals surface area contributed by atoms with Gasteiger partial charge in [-0.25, -0.2) is 9.97 Å². The number of carbonyl (C=O) groups excluding carboxylic acids is 3. The predicted octanol–water partition coefficient (Wildman–Crippen LogP) is 2.75. The van der Waals surface area contributed by atoms with Crippen molar-refractivity contribution >= 4 is 34.4 Å². The molecule has 0 saturated carbocycles. The topological polar surface area (TPSA) is 138 Å². The highest BCUT2D eigenvalue weighted by Gasteiger charge is 2.21. The van der Waals surface area contributed by atoms with E-state index in [-0.39, 0.29) is 36.6 Å². The van der Waals surface area contributed by atoms with Gasteiger partial charge in [-0.3, -0.25) is 14.4 Å². The van der Waals surface area contributed by atoms with Crippen molar-refractivity contribution in [1.29, 1.82) is 0 Å². The summed E-state index contributed by atoms with van der Waals surface area (Å²) in [4.78, 5) is 48.6. The molecule has 10 nitrogen and oxygen atoms in total. The lowest BCUT2D eigenvalue weighted by Gasteiger charge is -2.18. The molecule has 182 valence electrons. The zero-order valence-electron chi connectivity index (χ0n) is 19.5. The summed E-state index contributed by atoms with van der Waals surface area (Å²) in [7, 11) is 0. The standard InChI is InChI=1S/C26H24N6O4/c1-15(17-5-3-2-4-6-17)10-28-25(34)18-12-27-23-22(18)30-14-31-24(23)26(35)29-11-16-7-8-20-19(9-16)32-21(33)13-36-20/h2-9,12,14-15,27H,10-11,13H2,1H3,(H,28,34)(H,29,35)(H,32,33)/t15-/m0/s1. The molecule has 3 heterocycles. The minimum Gasteiger partial charge on any atom is -0.482 e. The summed E-state index contributed by atoms with van der Waals surface area (Å²) >= 11 is 0. The van der Waals surface area contributed by atoms with Gasteiger partial charge in [0.1, 0.15) is 17.6 Å². The Labute approximate surface area is 206 Å². The molecule has 1 aliphatic rings. The largest absolute Gasteiger partial charge is 0.482 e. The number of hydrogen-bond acceptors (Lipinski definition) is 6. The van der Waals surface area contributed by atoms with Crippen LogP contribution >= 0.6 is 0 Å². The molecule has 1 atom stereocenters. The first-order valence-corrected chi connectivity index (χ1v) is 11.5. The second-order valence-corrected chi connectivity index (χ2v) is 8.52. The van der Waals surface area contributed by atoms with E-state index in [4.69, 9.17) is 4.74 Å². The van der Waals surface area contributed by atoms with Crippen molar-refractivity contribution in [2.75, 3.05) is 18.5 Å². The maximum absolute atomic E-state index is 12.9. The Morgan fingerprint density at radius 1 is 1.08 bits per heavy atom. The molecule has 0 bridgehead atoms. The number of nitrogens with zero attached hydrogens (tertiary/aromatic N) is 2. The minimum absolute atomic E-state index is 0.0188. The second kappa shape index (κ2) is 9.87. The van der Waals surface area contributed by atoms with Gasteiger partial charge in [-0.1, -0.05) is 43.3 Å². The van der Waals surface area contributed by atoms with Crippen LogP contribution in [0.4, 0.5) is 5.69 Å². The summed E-state index contributed by atoms with van der Waals surface area (Å²) in [6.07, 6.45) is 2.80. The molecule has 2 aromatic carbocycles. The lowest BCUT2D eigenvalue weighted by atomic mass is 10.0. The molecule has 36 heavy (non-hydrogen) atoms. The monoisotopic (exact) mass is 484 g/mol. The number of anilines is 1. The molecule has 0 aliphatic carbocycles. The molecule has 5 rings (SSSR count). The number of fused-ring (bicyclic) bond motifs is 2. The van der Waals surface area contributed by atoms with Crippen LogP contribution in [0.25, 0.3) is 11.0 Å². The van der Waals surface area contributed by atoms with Crippen LogP contribution < -0.4 is 20.7 Å². The lowest BCUT2D eigenvalue weighted by molar-refractivity contribution is -0.118. The summed E-state index contributed by atoms with van der Waals surface area (Å²) in [5.74, 6) is -0.218. The lowest BCUT2D eigenvalue weighted by Crippen LogP contribution is -2.27. The smallest absolute Gasteiger partial charge is 0.272 e. The van der Waals surface area contributed by atoms with Crippen molar-refractivity contribution in [2.45, 2.75) is 19.4 Å². The second-order valence-electron chi connectivity index (χ2n) is 8.52. The van der Waals surface area contributed by atoms with Gasteiger partial charge in [-0.15, -0.1) is 0 Å². The Bertz CT molecular complexity index is 1450. The van der Waals surface area contributed by atoms with E-state index in [1.807, 2.05) is 37.3 Å². The number of benzene rings is 2. The molecule has 0 unspecified atom stereocenters. The van der Waals surface area contributed by atoms with Gasteiger partial charge < -0.3 is 25.7 Å². The normalized spacial score (nSPS) is 13.3. The zero-order valence-corrected chi connectivity index (χ0v) is 19.5. The molecular formula is C26H24N6O4. The van der Waals surface area contributed by atoms with Crippen molar-refractivity contribution in [3.63, 3.8) is 0 Å². The molecule has 4 N–H and O–H groups in total. The number of hydrogen-bond donors (Lipinski definition) is 4. The van der Waals surface area contributed by atoms with Crippen LogP contribution in [0.15, 0.2) is 61.1 Å². The van der Waals surface area contributed by atoms with Crippen LogP contribution in [0.1, 0.15) is 44.8 Å². The fraction of sp³-hybridized carbons (Fsp3) is 0.192. The average Bonchev–Trinajstić information content (AvgIpc) is 3.35. The van der Waals surface area contributed by atoms with Gasteiger partial charge >= 0.3 is 0 Å². The van der Waals surface area contributed by atoms with E-state index in [9.17, 15) is 14.4 Å². The Kier molecular flexibility index (Phi) is 6.31. The van der Waals surface area contributed by atoms with Crippen LogP contribution in [0, 0.1) is 0 Å². The van der Waals surface area contributed by atoms with E-state index in [1.165, 1.54) is 12.5 Å². The molecule has 0 fully saturated rings. The van der Waals surface area contributed by atoms with Crippen molar-refractivity contribution in [3.05, 3.63) is 83.4 Å². The number of rotatable bonds is 7. The van der Waals surface area contributed by atoms with Crippen molar-refractivity contribution in [3.8, 4) is 5.75 Å². The molecule has 4 aromatic rings. The molecule has 0 spiro atoms. The first-order valence-electron chi connectivity index (χ1n) is 11.5. The van der Waals surface area contributed by atoms with E-state index >= 15 is 0 Å². The quantitative estimate of drug-likeness (QED) is 0.318. The Balaban J connectivity index is 1.26. The zero-order chi connectivity index (χ0) is 25.1. The fourth-order valence-electron chi connectivity index (χ4n) is 4.03. The van der Waals surface area contributed by atoms with E-state index in [1.54, 1.807) is 18.2 Å². The molecule has 0 radical (unpaired) electrons. The third kappa shape index (κ3) is 4.74. The third-order valence-corrected chi connectivity index (χ3v) is 5.99. The SMILES string of the molecule is C[C@@H](CNC(=O)c1c[nH]c2c(C(=O)NCc3ccc4c(c3)NC(=O)CO4)ncnc12)c1ccccc1. The molecule has 1 aliphatic heterocycles. The number of nitrogens with one attached hydrogen (secondary N) is 4. The molecular weight excluding hydrogens is 460 g/mol. The van der Waals surface area contributed by atoms with E-state index in [0.717, 1.165) is 11.1 Å². The molecule has 0 saturated heterocycles. The number of aromatic amines is 1. The third-order valence-electron chi connectivity index (χ3n) is 5.99.